The fourth-order valence-electron chi connectivity index (χ4n) is 3.00. The Labute approximate surface area is 127 Å². The van der Waals surface area contributed by atoms with Gasteiger partial charge >= 0.3 is 0 Å². The first-order valence-electron chi connectivity index (χ1n) is 7.00. The van der Waals surface area contributed by atoms with Gasteiger partial charge in [0.2, 0.25) is 0 Å². The molecule has 120 valence electrons. The molecule has 0 amide bonds. The Kier molecular flexibility index (Phi) is 3.75. The quantitative estimate of drug-likeness (QED) is 0.846. The summed E-state index contributed by atoms with van der Waals surface area (Å²) in [4.78, 5) is 4.15. The molecule has 6 nitrogen and oxygen atoms in total. The molecule has 0 N–H and O–H groups in total. The molecule has 1 aromatic rings. The SMILES string of the molecule is CO[C@@]1(C)C[C@H](N(C)S(=O)(=O)c2cn(C)c(C)n2)C1(C)C. The zero-order chi connectivity index (χ0) is 16.2. The van der Waals surface area contributed by atoms with Crippen LogP contribution in [0.5, 0.6) is 0 Å². The lowest BCUT2D eigenvalue weighted by Gasteiger charge is -2.60. The summed E-state index contributed by atoms with van der Waals surface area (Å²) >= 11 is 0. The van der Waals surface area contributed by atoms with Crippen LogP contribution in [0.15, 0.2) is 11.2 Å². The normalized spacial score (nSPS) is 28.7. The number of imidazole rings is 1. The second kappa shape index (κ2) is 4.79. The monoisotopic (exact) mass is 315 g/mol. The topological polar surface area (TPSA) is 64.4 Å². The Morgan fingerprint density at radius 1 is 1.43 bits per heavy atom. The summed E-state index contributed by atoms with van der Waals surface area (Å²) in [5.74, 6) is 0.677. The second-order valence-electron chi connectivity index (χ2n) is 6.64. The van der Waals surface area contributed by atoms with Crippen molar-refractivity contribution >= 4 is 10.0 Å². The van der Waals surface area contributed by atoms with E-state index in [4.69, 9.17) is 4.74 Å². The number of ether oxygens (including phenoxy) is 1. The summed E-state index contributed by atoms with van der Waals surface area (Å²) < 4.78 is 34.2. The van der Waals surface area contributed by atoms with Crippen LogP contribution in [0.4, 0.5) is 0 Å². The number of methoxy groups -OCH3 is 1. The molecule has 1 aliphatic carbocycles. The maximum absolute atomic E-state index is 12.7. The van der Waals surface area contributed by atoms with Gasteiger partial charge < -0.3 is 9.30 Å². The molecule has 0 radical (unpaired) electrons. The van der Waals surface area contributed by atoms with Gasteiger partial charge in [-0.25, -0.2) is 13.4 Å². The standard InChI is InChI=1S/C14H25N3O3S/c1-10-15-12(9-16(10)5)21(18,19)17(6)11-8-14(4,20-7)13(11,2)3/h9,11H,8H2,1-7H3/t11-,14-/m0/s1. The van der Waals surface area contributed by atoms with Crippen molar-refractivity contribution < 1.29 is 13.2 Å². The van der Waals surface area contributed by atoms with Crippen molar-refractivity contribution in [2.24, 2.45) is 12.5 Å². The highest BCUT2D eigenvalue weighted by molar-refractivity contribution is 7.89. The van der Waals surface area contributed by atoms with Crippen molar-refractivity contribution in [3.63, 3.8) is 0 Å². The van der Waals surface area contributed by atoms with Crippen molar-refractivity contribution in [2.45, 2.75) is 50.8 Å². The van der Waals surface area contributed by atoms with Crippen molar-refractivity contribution in [3.05, 3.63) is 12.0 Å². The average Bonchev–Trinajstić information content (AvgIpc) is 2.75. The van der Waals surface area contributed by atoms with Crippen LogP contribution >= 0.6 is 0 Å². The average molecular weight is 315 g/mol. The lowest BCUT2D eigenvalue weighted by molar-refractivity contribution is -0.193. The van der Waals surface area contributed by atoms with Crippen LogP contribution < -0.4 is 0 Å². The number of hydrogen-bond donors (Lipinski definition) is 0. The van der Waals surface area contributed by atoms with E-state index >= 15 is 0 Å². The molecule has 0 unspecified atom stereocenters. The number of hydrogen-bond acceptors (Lipinski definition) is 4. The van der Waals surface area contributed by atoms with Crippen LogP contribution in [-0.2, 0) is 21.8 Å². The maximum atomic E-state index is 12.7. The summed E-state index contributed by atoms with van der Waals surface area (Å²) in [5.41, 5.74) is -0.561. The van der Waals surface area contributed by atoms with Crippen molar-refractivity contribution in [2.75, 3.05) is 14.2 Å². The predicted octanol–water partition coefficient (Wildman–Crippen LogP) is 1.55. The van der Waals surface area contributed by atoms with Crippen LogP contribution in [0, 0.1) is 12.3 Å². The molecule has 1 fully saturated rings. The largest absolute Gasteiger partial charge is 0.378 e. The highest BCUT2D eigenvalue weighted by atomic mass is 32.2. The van der Waals surface area contributed by atoms with Gasteiger partial charge in [0.1, 0.15) is 5.82 Å². The van der Waals surface area contributed by atoms with Crippen molar-refractivity contribution in [1.29, 1.82) is 0 Å². The molecule has 2 atom stereocenters. The molecule has 21 heavy (non-hydrogen) atoms. The Bertz CT molecular complexity index is 631. The van der Waals surface area contributed by atoms with Crippen molar-refractivity contribution in [1.82, 2.24) is 13.9 Å². The molecule has 0 aromatic carbocycles. The highest BCUT2D eigenvalue weighted by Gasteiger charge is 2.60. The maximum Gasteiger partial charge on any atom is 0.262 e. The van der Waals surface area contributed by atoms with E-state index in [2.05, 4.69) is 4.98 Å². The van der Waals surface area contributed by atoms with Crippen LogP contribution in [0.1, 0.15) is 33.0 Å². The Morgan fingerprint density at radius 3 is 2.38 bits per heavy atom. The lowest BCUT2D eigenvalue weighted by atomic mass is 9.56. The van der Waals surface area contributed by atoms with E-state index in [0.717, 1.165) is 0 Å². The summed E-state index contributed by atoms with van der Waals surface area (Å²) in [6, 6.07) is -0.102. The molecular formula is C14H25N3O3S. The second-order valence-corrected chi connectivity index (χ2v) is 8.58. The minimum absolute atomic E-state index is 0.102. The molecule has 2 rings (SSSR count). The number of aromatic nitrogens is 2. The molecular weight excluding hydrogens is 290 g/mol. The van der Waals surface area contributed by atoms with Crippen molar-refractivity contribution in [3.8, 4) is 0 Å². The number of rotatable bonds is 4. The van der Waals surface area contributed by atoms with Gasteiger partial charge in [0.05, 0.1) is 5.60 Å². The first-order valence-corrected chi connectivity index (χ1v) is 8.44. The molecule has 0 aliphatic heterocycles. The number of sulfonamides is 1. The summed E-state index contributed by atoms with van der Waals surface area (Å²) in [7, 11) is 1.51. The predicted molar refractivity (Wildman–Crippen MR) is 80.5 cm³/mol. The molecule has 0 bridgehead atoms. The molecule has 0 saturated heterocycles. The summed E-state index contributed by atoms with van der Waals surface area (Å²) in [6.45, 7) is 7.89. The number of nitrogens with zero attached hydrogens (tertiary/aromatic N) is 3. The highest BCUT2D eigenvalue weighted by Crippen LogP contribution is 2.54. The van der Waals surface area contributed by atoms with Gasteiger partial charge in [0.15, 0.2) is 5.03 Å². The fourth-order valence-corrected chi connectivity index (χ4v) is 4.51. The van der Waals surface area contributed by atoms with E-state index in [1.54, 1.807) is 38.9 Å². The van der Waals surface area contributed by atoms with Crippen LogP contribution in [-0.4, -0.2) is 48.1 Å². The molecule has 1 heterocycles. The summed E-state index contributed by atoms with van der Waals surface area (Å²) in [6.07, 6.45) is 2.24. The van der Waals surface area contributed by atoms with Gasteiger partial charge in [0.25, 0.3) is 10.0 Å². The smallest absolute Gasteiger partial charge is 0.262 e. The Balaban J connectivity index is 2.31. The van der Waals surface area contributed by atoms with E-state index in [-0.39, 0.29) is 22.1 Å². The zero-order valence-corrected chi connectivity index (χ0v) is 14.7. The molecule has 7 heteroatoms. The van der Waals surface area contributed by atoms with E-state index in [9.17, 15) is 8.42 Å². The third-order valence-corrected chi connectivity index (χ3v) is 7.14. The summed E-state index contributed by atoms with van der Waals surface area (Å²) in [5, 5.41) is 0.104. The fraction of sp³-hybridized carbons (Fsp3) is 0.786. The van der Waals surface area contributed by atoms with Crippen LogP contribution in [0.3, 0.4) is 0 Å². The minimum Gasteiger partial charge on any atom is -0.378 e. The van der Waals surface area contributed by atoms with Gasteiger partial charge in [-0.1, -0.05) is 13.8 Å². The number of aryl methyl sites for hydroxylation is 2. The van der Waals surface area contributed by atoms with Gasteiger partial charge in [-0.05, 0) is 20.3 Å². The molecule has 1 saturated carbocycles. The van der Waals surface area contributed by atoms with Crippen LogP contribution in [0.25, 0.3) is 0 Å². The van der Waals surface area contributed by atoms with E-state index in [1.807, 2.05) is 20.8 Å². The van der Waals surface area contributed by atoms with Gasteiger partial charge in [-0.15, -0.1) is 0 Å². The molecule has 1 aromatic heterocycles. The third kappa shape index (κ3) is 2.22. The van der Waals surface area contributed by atoms with E-state index < -0.39 is 10.0 Å². The van der Waals surface area contributed by atoms with E-state index in [0.29, 0.717) is 12.2 Å². The van der Waals surface area contributed by atoms with Gasteiger partial charge in [0, 0.05) is 38.9 Å². The Morgan fingerprint density at radius 2 is 2.00 bits per heavy atom. The van der Waals surface area contributed by atoms with Gasteiger partial charge in [-0.2, -0.15) is 4.31 Å². The zero-order valence-electron chi connectivity index (χ0n) is 13.8. The first kappa shape index (κ1) is 16.5. The van der Waals surface area contributed by atoms with E-state index in [1.165, 1.54) is 4.31 Å². The first-order chi connectivity index (χ1) is 9.47. The van der Waals surface area contributed by atoms with Crippen LogP contribution in [0.2, 0.25) is 0 Å². The molecule has 1 aliphatic rings. The van der Waals surface area contributed by atoms with Gasteiger partial charge in [-0.3, -0.25) is 0 Å². The Hall–Kier alpha value is -0.920. The third-order valence-electron chi connectivity index (χ3n) is 5.40. The lowest BCUT2D eigenvalue weighted by Crippen LogP contribution is -2.68. The molecule has 0 spiro atoms. The minimum atomic E-state index is -3.58.